The van der Waals surface area contributed by atoms with E-state index in [1.807, 2.05) is 48.5 Å². The minimum Gasteiger partial charge on any atom is -0.480 e. The number of carbonyl (C=O) groups is 3. The normalized spacial score (nSPS) is 12.9. The average Bonchev–Trinajstić information content (AvgIpc) is 3.44. The summed E-state index contributed by atoms with van der Waals surface area (Å²) in [6.45, 7) is 0.0622. The number of hydrogen-bond acceptors (Lipinski definition) is 4. The lowest BCUT2D eigenvalue weighted by atomic mass is 9.98. The largest absolute Gasteiger partial charge is 0.480 e. The second-order valence-corrected chi connectivity index (χ2v) is 9.23. The van der Waals surface area contributed by atoms with Crippen molar-refractivity contribution in [3.63, 3.8) is 0 Å². The molecule has 3 aromatic carbocycles. The molecule has 7 nitrogen and oxygen atoms in total. The van der Waals surface area contributed by atoms with Gasteiger partial charge in [-0.15, -0.1) is 0 Å². The van der Waals surface area contributed by atoms with E-state index in [9.17, 15) is 23.9 Å². The molecule has 1 heterocycles. The maximum Gasteiger partial charge on any atom is 0.407 e. The van der Waals surface area contributed by atoms with Gasteiger partial charge in [0.05, 0.1) is 0 Å². The summed E-state index contributed by atoms with van der Waals surface area (Å²) in [4.78, 5) is 37.4. The zero-order valence-electron chi connectivity index (χ0n) is 20.6. The van der Waals surface area contributed by atoms with Gasteiger partial charge in [0.2, 0.25) is 0 Å². The van der Waals surface area contributed by atoms with Crippen molar-refractivity contribution < 1.29 is 28.6 Å². The van der Waals surface area contributed by atoms with Crippen LogP contribution in [0.25, 0.3) is 11.1 Å². The van der Waals surface area contributed by atoms with Crippen molar-refractivity contribution in [1.29, 1.82) is 0 Å². The Hall–Kier alpha value is -4.72. The fourth-order valence-electron chi connectivity index (χ4n) is 4.90. The number of carboxylic acid groups (broad SMARTS) is 1. The highest BCUT2D eigenvalue weighted by molar-refractivity contribution is 6.09. The summed E-state index contributed by atoms with van der Waals surface area (Å²) in [7, 11) is 1.68. The second-order valence-electron chi connectivity index (χ2n) is 9.23. The van der Waals surface area contributed by atoms with Gasteiger partial charge in [0.15, 0.2) is 5.78 Å². The number of aromatic nitrogens is 1. The summed E-state index contributed by atoms with van der Waals surface area (Å²) >= 11 is 0. The highest BCUT2D eigenvalue weighted by Gasteiger charge is 2.30. The average molecular weight is 513 g/mol. The Morgan fingerprint density at radius 2 is 1.55 bits per heavy atom. The van der Waals surface area contributed by atoms with Crippen LogP contribution in [0.1, 0.15) is 38.7 Å². The number of carbonyl (C=O) groups excluding carboxylic acids is 2. The Morgan fingerprint density at radius 1 is 0.947 bits per heavy atom. The molecule has 0 spiro atoms. The fraction of sp³-hybridized carbons (Fsp3) is 0.167. The molecule has 5 rings (SSSR count). The van der Waals surface area contributed by atoms with Crippen LogP contribution in [-0.2, 0) is 23.0 Å². The zero-order valence-corrected chi connectivity index (χ0v) is 20.6. The van der Waals surface area contributed by atoms with Crippen LogP contribution in [0.3, 0.4) is 0 Å². The highest BCUT2D eigenvalue weighted by atomic mass is 19.1. The molecule has 0 bridgehead atoms. The number of alkyl carbamates (subject to hydrolysis) is 1. The first-order valence-electron chi connectivity index (χ1n) is 12.1. The van der Waals surface area contributed by atoms with Crippen molar-refractivity contribution in [1.82, 2.24) is 9.88 Å². The van der Waals surface area contributed by atoms with Crippen molar-refractivity contribution >= 4 is 17.8 Å². The Morgan fingerprint density at radius 3 is 2.16 bits per heavy atom. The molecule has 192 valence electrons. The van der Waals surface area contributed by atoms with Gasteiger partial charge in [0, 0.05) is 42.4 Å². The molecule has 1 unspecified atom stereocenters. The predicted molar refractivity (Wildman–Crippen MR) is 139 cm³/mol. The second kappa shape index (κ2) is 10.3. The predicted octanol–water partition coefficient (Wildman–Crippen LogP) is 4.93. The van der Waals surface area contributed by atoms with E-state index in [-0.39, 0.29) is 24.7 Å². The van der Waals surface area contributed by atoms with Gasteiger partial charge in [0.25, 0.3) is 0 Å². The summed E-state index contributed by atoms with van der Waals surface area (Å²) in [5.41, 5.74) is 5.47. The van der Waals surface area contributed by atoms with Crippen LogP contribution in [0.2, 0.25) is 0 Å². The van der Waals surface area contributed by atoms with Gasteiger partial charge in [0.1, 0.15) is 18.5 Å². The third-order valence-electron chi connectivity index (χ3n) is 6.82. The van der Waals surface area contributed by atoms with E-state index < -0.39 is 23.9 Å². The van der Waals surface area contributed by atoms with E-state index in [0.29, 0.717) is 16.8 Å². The van der Waals surface area contributed by atoms with E-state index in [1.165, 1.54) is 24.3 Å². The van der Waals surface area contributed by atoms with Gasteiger partial charge in [-0.3, -0.25) is 4.79 Å². The third-order valence-corrected chi connectivity index (χ3v) is 6.82. The number of nitrogens with zero attached hydrogens (tertiary/aromatic N) is 1. The summed E-state index contributed by atoms with van der Waals surface area (Å²) in [5.74, 6) is -2.14. The minimum atomic E-state index is -1.27. The molecule has 1 aliphatic rings. The van der Waals surface area contributed by atoms with Crippen molar-refractivity contribution in [2.75, 3.05) is 6.61 Å². The van der Waals surface area contributed by atoms with Gasteiger partial charge in [-0.25, -0.2) is 14.0 Å². The lowest BCUT2D eigenvalue weighted by Crippen LogP contribution is -2.43. The maximum absolute atomic E-state index is 13.2. The summed E-state index contributed by atoms with van der Waals surface area (Å²) in [6.07, 6.45) is 0.677. The van der Waals surface area contributed by atoms with Gasteiger partial charge >= 0.3 is 12.1 Å². The van der Waals surface area contributed by atoms with Crippen molar-refractivity contribution in [2.45, 2.75) is 18.4 Å². The number of ketones is 1. The lowest BCUT2D eigenvalue weighted by Gasteiger charge is -2.17. The van der Waals surface area contributed by atoms with E-state index in [0.717, 1.165) is 22.3 Å². The van der Waals surface area contributed by atoms with Gasteiger partial charge in [-0.05, 0) is 52.6 Å². The Balaban J connectivity index is 1.25. The van der Waals surface area contributed by atoms with Gasteiger partial charge < -0.3 is 19.7 Å². The fourth-order valence-corrected chi connectivity index (χ4v) is 4.90. The number of fused-ring (bicyclic) bond motifs is 3. The van der Waals surface area contributed by atoms with Crippen molar-refractivity contribution in [3.05, 3.63) is 119 Å². The van der Waals surface area contributed by atoms with E-state index in [2.05, 4.69) is 5.32 Å². The number of carboxylic acids is 1. The van der Waals surface area contributed by atoms with Crippen LogP contribution in [0, 0.1) is 5.82 Å². The molecular weight excluding hydrogens is 487 g/mol. The number of benzene rings is 3. The number of rotatable bonds is 8. The number of nitrogens with one attached hydrogen (secondary N) is 1. The first kappa shape index (κ1) is 25.0. The van der Waals surface area contributed by atoms with Crippen LogP contribution in [0.5, 0.6) is 0 Å². The number of aliphatic carboxylic acids is 1. The molecule has 0 fully saturated rings. The standard InChI is InChI=1S/C30H25FN2O5/c1-33-16-19(28(34)18-10-12-20(31)13-11-18)14-21(33)15-27(29(35)36)32-30(37)38-17-26-24-8-4-2-6-22(24)23-7-3-5-9-25(23)26/h2-14,16,26-27H,15,17H2,1H3,(H,32,37)(H,35,36). The molecule has 0 radical (unpaired) electrons. The van der Waals surface area contributed by atoms with Crippen LogP contribution >= 0.6 is 0 Å². The van der Waals surface area contributed by atoms with E-state index in [4.69, 9.17) is 4.74 Å². The molecule has 1 aromatic heterocycles. The number of amides is 1. The Kier molecular flexibility index (Phi) is 6.79. The maximum atomic E-state index is 13.2. The Labute approximate surface area is 218 Å². The van der Waals surface area contributed by atoms with Crippen molar-refractivity contribution in [2.24, 2.45) is 7.05 Å². The quantitative estimate of drug-likeness (QED) is 0.326. The molecule has 0 saturated carbocycles. The highest BCUT2D eigenvalue weighted by Crippen LogP contribution is 2.44. The van der Waals surface area contributed by atoms with E-state index >= 15 is 0 Å². The van der Waals surface area contributed by atoms with Crippen LogP contribution < -0.4 is 5.32 Å². The SMILES string of the molecule is Cn1cc(C(=O)c2ccc(F)cc2)cc1CC(NC(=O)OCC1c2ccccc2-c2ccccc21)C(=O)O. The molecule has 2 N–H and O–H groups in total. The zero-order chi connectivity index (χ0) is 26.8. The molecule has 1 amide bonds. The lowest BCUT2D eigenvalue weighted by molar-refractivity contribution is -0.139. The molecule has 1 aliphatic carbocycles. The van der Waals surface area contributed by atoms with Gasteiger partial charge in [-0.2, -0.15) is 0 Å². The summed E-state index contributed by atoms with van der Waals surface area (Å²) in [6, 6.07) is 21.4. The third kappa shape index (κ3) is 4.93. The van der Waals surface area contributed by atoms with Crippen LogP contribution in [0.15, 0.2) is 85.1 Å². The number of hydrogen-bond donors (Lipinski definition) is 2. The molecule has 38 heavy (non-hydrogen) atoms. The molecule has 0 saturated heterocycles. The molecule has 8 heteroatoms. The molecule has 1 atom stereocenters. The van der Waals surface area contributed by atoms with Crippen LogP contribution in [-0.4, -0.2) is 40.2 Å². The topological polar surface area (TPSA) is 97.6 Å². The van der Waals surface area contributed by atoms with Crippen molar-refractivity contribution in [3.8, 4) is 11.1 Å². The van der Waals surface area contributed by atoms with Crippen LogP contribution in [0.4, 0.5) is 9.18 Å². The first-order valence-corrected chi connectivity index (χ1v) is 12.1. The molecular formula is C30H25FN2O5. The summed E-state index contributed by atoms with van der Waals surface area (Å²) < 4.78 is 20.3. The Bertz CT molecular complexity index is 1480. The monoisotopic (exact) mass is 512 g/mol. The number of aryl methyl sites for hydroxylation is 1. The smallest absolute Gasteiger partial charge is 0.407 e. The molecule has 4 aromatic rings. The number of ether oxygens (including phenoxy) is 1. The molecule has 0 aliphatic heterocycles. The first-order chi connectivity index (χ1) is 18.3. The summed E-state index contributed by atoms with van der Waals surface area (Å²) in [5, 5.41) is 12.2. The minimum absolute atomic E-state index is 0.0622. The number of halogens is 1. The van der Waals surface area contributed by atoms with Gasteiger partial charge in [-0.1, -0.05) is 48.5 Å². The van der Waals surface area contributed by atoms with E-state index in [1.54, 1.807) is 23.9 Å².